The van der Waals surface area contributed by atoms with Crippen LogP contribution >= 0.6 is 11.6 Å². The Bertz CT molecular complexity index is 445. The number of nitrogens with two attached hydrogens (primary N) is 1. The third kappa shape index (κ3) is 3.11. The van der Waals surface area contributed by atoms with Gasteiger partial charge < -0.3 is 15.4 Å². The topological polar surface area (TPSA) is 68.5 Å². The van der Waals surface area contributed by atoms with Crippen molar-refractivity contribution in [2.24, 2.45) is 0 Å². The summed E-state index contributed by atoms with van der Waals surface area (Å²) in [6, 6.07) is 1.49. The van der Waals surface area contributed by atoms with E-state index in [2.05, 4.69) is 16.9 Å². The molecular formula is C12H16ClN3O2. The van der Waals surface area contributed by atoms with Crippen LogP contribution in [0.5, 0.6) is 0 Å². The van der Waals surface area contributed by atoms with Gasteiger partial charge in [0.05, 0.1) is 17.4 Å². The van der Waals surface area contributed by atoms with Crippen molar-refractivity contribution in [1.29, 1.82) is 0 Å². The van der Waals surface area contributed by atoms with E-state index in [0.29, 0.717) is 5.69 Å². The number of halogens is 1. The standard InChI is InChI=1S/C12H16ClN3O2/c1-16-4-2-9(3-5-16)18-12(17)10-6-8(14)7-15-11(10)13/h6-7,9H,2-5,14H2,1H3. The molecule has 0 bridgehead atoms. The summed E-state index contributed by atoms with van der Waals surface area (Å²) in [5, 5.41) is 0.127. The van der Waals surface area contributed by atoms with E-state index < -0.39 is 5.97 Å². The molecule has 0 unspecified atom stereocenters. The number of hydrogen-bond donors (Lipinski definition) is 1. The minimum atomic E-state index is -0.450. The molecule has 1 fully saturated rings. The molecule has 6 heteroatoms. The first-order valence-electron chi connectivity index (χ1n) is 5.87. The number of rotatable bonds is 2. The molecule has 1 saturated heterocycles. The van der Waals surface area contributed by atoms with E-state index in [4.69, 9.17) is 22.1 Å². The van der Waals surface area contributed by atoms with Crippen LogP contribution in [0.4, 0.5) is 5.69 Å². The van der Waals surface area contributed by atoms with Crippen molar-refractivity contribution >= 4 is 23.3 Å². The maximum atomic E-state index is 12.0. The van der Waals surface area contributed by atoms with Gasteiger partial charge in [0.2, 0.25) is 0 Å². The summed E-state index contributed by atoms with van der Waals surface area (Å²) in [6.07, 6.45) is 3.05. The lowest BCUT2D eigenvalue weighted by Crippen LogP contribution is -2.35. The third-order valence-electron chi connectivity index (χ3n) is 3.02. The molecule has 18 heavy (non-hydrogen) atoms. The van der Waals surface area contributed by atoms with Gasteiger partial charge in [-0.1, -0.05) is 11.6 Å². The van der Waals surface area contributed by atoms with Crippen molar-refractivity contribution in [2.75, 3.05) is 25.9 Å². The highest BCUT2D eigenvalue weighted by Crippen LogP contribution is 2.19. The monoisotopic (exact) mass is 269 g/mol. The molecule has 0 saturated carbocycles. The Hall–Kier alpha value is -1.33. The fourth-order valence-electron chi connectivity index (χ4n) is 1.92. The van der Waals surface area contributed by atoms with E-state index in [1.54, 1.807) is 0 Å². The Balaban J connectivity index is 2.01. The van der Waals surface area contributed by atoms with Crippen molar-refractivity contribution < 1.29 is 9.53 Å². The van der Waals surface area contributed by atoms with Gasteiger partial charge in [-0.3, -0.25) is 0 Å². The maximum absolute atomic E-state index is 12.0. The van der Waals surface area contributed by atoms with Crippen molar-refractivity contribution in [2.45, 2.75) is 18.9 Å². The summed E-state index contributed by atoms with van der Waals surface area (Å²) >= 11 is 5.86. The maximum Gasteiger partial charge on any atom is 0.341 e. The lowest BCUT2D eigenvalue weighted by atomic mass is 10.1. The molecule has 2 heterocycles. The first-order valence-corrected chi connectivity index (χ1v) is 6.24. The molecule has 2 rings (SSSR count). The molecule has 0 atom stereocenters. The first kappa shape index (κ1) is 13.1. The van der Waals surface area contributed by atoms with Crippen molar-refractivity contribution in [3.63, 3.8) is 0 Å². The molecule has 0 spiro atoms. The van der Waals surface area contributed by atoms with Gasteiger partial charge in [0.15, 0.2) is 0 Å². The third-order valence-corrected chi connectivity index (χ3v) is 3.32. The zero-order valence-corrected chi connectivity index (χ0v) is 11.0. The Labute approximate surface area is 111 Å². The highest BCUT2D eigenvalue weighted by molar-refractivity contribution is 6.32. The molecule has 98 valence electrons. The fourth-order valence-corrected chi connectivity index (χ4v) is 2.11. The zero-order chi connectivity index (χ0) is 13.1. The number of ether oxygens (including phenoxy) is 1. The second-order valence-electron chi connectivity index (χ2n) is 4.51. The van der Waals surface area contributed by atoms with E-state index in [0.717, 1.165) is 25.9 Å². The number of hydrogen-bond acceptors (Lipinski definition) is 5. The van der Waals surface area contributed by atoms with Crippen LogP contribution in [0.2, 0.25) is 5.15 Å². The summed E-state index contributed by atoms with van der Waals surface area (Å²) in [5.74, 6) is -0.450. The molecule has 0 aliphatic carbocycles. The van der Waals surface area contributed by atoms with E-state index >= 15 is 0 Å². The summed E-state index contributed by atoms with van der Waals surface area (Å²) in [6.45, 7) is 1.86. The quantitative estimate of drug-likeness (QED) is 0.652. The van der Waals surface area contributed by atoms with Crippen LogP contribution in [0.3, 0.4) is 0 Å². The van der Waals surface area contributed by atoms with Gasteiger partial charge in [-0.05, 0) is 26.0 Å². The lowest BCUT2D eigenvalue weighted by molar-refractivity contribution is 0.0139. The number of carbonyl (C=O) groups excluding carboxylic acids is 1. The van der Waals surface area contributed by atoms with Gasteiger partial charge in [0.25, 0.3) is 0 Å². The van der Waals surface area contributed by atoms with Gasteiger partial charge in [0.1, 0.15) is 11.3 Å². The van der Waals surface area contributed by atoms with E-state index in [-0.39, 0.29) is 16.8 Å². The highest BCUT2D eigenvalue weighted by Gasteiger charge is 2.22. The highest BCUT2D eigenvalue weighted by atomic mass is 35.5. The number of anilines is 1. The largest absolute Gasteiger partial charge is 0.459 e. The predicted octanol–water partition coefficient (Wildman–Crippen LogP) is 1.57. The Morgan fingerprint density at radius 2 is 2.22 bits per heavy atom. The van der Waals surface area contributed by atoms with Crippen LogP contribution < -0.4 is 5.73 Å². The Kier molecular flexibility index (Phi) is 4.04. The average molecular weight is 270 g/mol. The number of nitrogens with zero attached hydrogens (tertiary/aromatic N) is 2. The number of aromatic nitrogens is 1. The molecule has 0 radical (unpaired) electrons. The summed E-state index contributed by atoms with van der Waals surface area (Å²) in [5.41, 5.74) is 6.21. The van der Waals surface area contributed by atoms with Crippen molar-refractivity contribution in [1.82, 2.24) is 9.88 Å². The number of carbonyl (C=O) groups is 1. The number of nitrogen functional groups attached to an aromatic ring is 1. The average Bonchev–Trinajstić information content (AvgIpc) is 2.35. The lowest BCUT2D eigenvalue weighted by Gasteiger charge is -2.28. The summed E-state index contributed by atoms with van der Waals surface area (Å²) in [7, 11) is 2.05. The van der Waals surface area contributed by atoms with E-state index in [1.807, 2.05) is 0 Å². The van der Waals surface area contributed by atoms with Crippen molar-refractivity contribution in [3.8, 4) is 0 Å². The number of likely N-dealkylation sites (tertiary alicyclic amines) is 1. The number of pyridine rings is 1. The van der Waals surface area contributed by atoms with Gasteiger partial charge >= 0.3 is 5.97 Å². The normalized spacial score (nSPS) is 17.7. The molecule has 1 aliphatic rings. The summed E-state index contributed by atoms with van der Waals surface area (Å²) < 4.78 is 5.42. The van der Waals surface area contributed by atoms with Crippen LogP contribution in [0.25, 0.3) is 0 Å². The first-order chi connectivity index (χ1) is 8.56. The Morgan fingerprint density at radius 3 is 2.89 bits per heavy atom. The molecule has 0 aromatic carbocycles. The van der Waals surface area contributed by atoms with Gasteiger partial charge in [-0.15, -0.1) is 0 Å². The second-order valence-corrected chi connectivity index (χ2v) is 4.87. The van der Waals surface area contributed by atoms with Crippen LogP contribution in [-0.4, -0.2) is 42.1 Å². The van der Waals surface area contributed by atoms with Crippen molar-refractivity contribution in [3.05, 3.63) is 23.0 Å². The van der Waals surface area contributed by atoms with Crippen LogP contribution in [-0.2, 0) is 4.74 Å². The second kappa shape index (κ2) is 5.54. The molecule has 1 aliphatic heterocycles. The van der Waals surface area contributed by atoms with Crippen LogP contribution in [0.1, 0.15) is 23.2 Å². The van der Waals surface area contributed by atoms with E-state index in [9.17, 15) is 4.79 Å². The van der Waals surface area contributed by atoms with Crippen LogP contribution in [0, 0.1) is 0 Å². The SMILES string of the molecule is CN1CCC(OC(=O)c2cc(N)cnc2Cl)CC1. The van der Waals surface area contributed by atoms with Crippen LogP contribution in [0.15, 0.2) is 12.3 Å². The van der Waals surface area contributed by atoms with Gasteiger partial charge in [0, 0.05) is 13.1 Å². The molecule has 2 N–H and O–H groups in total. The molecule has 1 aromatic heterocycles. The van der Waals surface area contributed by atoms with Gasteiger partial charge in [-0.25, -0.2) is 9.78 Å². The molecular weight excluding hydrogens is 254 g/mol. The zero-order valence-electron chi connectivity index (χ0n) is 10.2. The number of piperidine rings is 1. The molecule has 5 nitrogen and oxygen atoms in total. The summed E-state index contributed by atoms with van der Waals surface area (Å²) in [4.78, 5) is 18.0. The van der Waals surface area contributed by atoms with E-state index in [1.165, 1.54) is 12.3 Å². The molecule has 0 amide bonds. The number of esters is 1. The van der Waals surface area contributed by atoms with Gasteiger partial charge in [-0.2, -0.15) is 0 Å². The predicted molar refractivity (Wildman–Crippen MR) is 69.6 cm³/mol. The molecule has 1 aromatic rings. The smallest absolute Gasteiger partial charge is 0.341 e. The minimum Gasteiger partial charge on any atom is -0.459 e. The minimum absolute atomic E-state index is 0.0498. The fraction of sp³-hybridized carbons (Fsp3) is 0.500. The Morgan fingerprint density at radius 1 is 1.56 bits per heavy atom.